The third-order valence-electron chi connectivity index (χ3n) is 0.595. The molecule has 0 aliphatic heterocycles. The molecule has 0 heterocycles. The SMILES string of the molecule is CC.CCNC(=O)C(F)(F)F. The first kappa shape index (κ1) is 12.9. The largest absolute Gasteiger partial charge is 0.471 e. The molecule has 0 aromatic carbocycles. The van der Waals surface area contributed by atoms with Crippen molar-refractivity contribution in [3.8, 4) is 0 Å². The number of hydrogen-bond donors (Lipinski definition) is 1. The van der Waals surface area contributed by atoms with E-state index in [1.807, 2.05) is 13.8 Å². The number of hydrogen-bond acceptors (Lipinski definition) is 1. The summed E-state index contributed by atoms with van der Waals surface area (Å²) in [4.78, 5) is 9.83. The van der Waals surface area contributed by atoms with Crippen LogP contribution < -0.4 is 5.32 Å². The summed E-state index contributed by atoms with van der Waals surface area (Å²) in [5.74, 6) is -1.88. The average Bonchev–Trinajstić information content (AvgIpc) is 1.91. The minimum absolute atomic E-state index is 0.00164. The molecule has 0 atom stereocenters. The molecule has 5 heteroatoms. The minimum atomic E-state index is -4.74. The van der Waals surface area contributed by atoms with Gasteiger partial charge in [0.25, 0.3) is 0 Å². The van der Waals surface area contributed by atoms with E-state index in [0.717, 1.165) is 0 Å². The second-order valence-electron chi connectivity index (χ2n) is 1.36. The molecule has 0 fully saturated rings. The van der Waals surface area contributed by atoms with Crippen molar-refractivity contribution in [2.24, 2.45) is 0 Å². The van der Waals surface area contributed by atoms with E-state index in [0.29, 0.717) is 0 Å². The van der Waals surface area contributed by atoms with E-state index in [1.165, 1.54) is 6.92 Å². The molecule has 0 saturated carbocycles. The number of nitrogens with one attached hydrogen (secondary N) is 1. The highest BCUT2D eigenvalue weighted by Gasteiger charge is 2.37. The Morgan fingerprint density at radius 3 is 1.82 bits per heavy atom. The number of carbonyl (C=O) groups excluding carboxylic acids is 1. The lowest BCUT2D eigenvalue weighted by Crippen LogP contribution is -2.36. The van der Waals surface area contributed by atoms with Gasteiger partial charge in [0.15, 0.2) is 0 Å². The van der Waals surface area contributed by atoms with Gasteiger partial charge in [0.1, 0.15) is 0 Å². The van der Waals surface area contributed by atoms with Crippen molar-refractivity contribution >= 4 is 5.91 Å². The van der Waals surface area contributed by atoms with Gasteiger partial charge in [0.05, 0.1) is 0 Å². The van der Waals surface area contributed by atoms with Gasteiger partial charge in [-0.3, -0.25) is 4.79 Å². The van der Waals surface area contributed by atoms with E-state index >= 15 is 0 Å². The standard InChI is InChI=1S/C4H6F3NO.C2H6/c1-2-8-3(9)4(5,6)7;1-2/h2H2,1H3,(H,8,9);1-2H3. The smallest absolute Gasteiger partial charge is 0.349 e. The zero-order chi connectivity index (χ0) is 9.49. The van der Waals surface area contributed by atoms with Crippen LogP contribution in [0.5, 0.6) is 0 Å². The molecular weight excluding hydrogens is 159 g/mol. The summed E-state index contributed by atoms with van der Waals surface area (Å²) in [6.07, 6.45) is -4.74. The Labute approximate surface area is 63.8 Å². The number of rotatable bonds is 1. The van der Waals surface area contributed by atoms with Crippen molar-refractivity contribution in [2.75, 3.05) is 6.54 Å². The number of carbonyl (C=O) groups is 1. The summed E-state index contributed by atoms with van der Waals surface area (Å²) < 4.78 is 33.7. The van der Waals surface area contributed by atoms with Crippen molar-refractivity contribution < 1.29 is 18.0 Å². The van der Waals surface area contributed by atoms with Crippen molar-refractivity contribution in [1.82, 2.24) is 5.32 Å². The molecule has 0 aliphatic carbocycles. The Balaban J connectivity index is 0. The van der Waals surface area contributed by atoms with Crippen LogP contribution in [-0.4, -0.2) is 18.6 Å². The molecule has 0 aromatic rings. The number of amides is 1. The predicted octanol–water partition coefficient (Wildman–Crippen LogP) is 1.71. The van der Waals surface area contributed by atoms with Crippen molar-refractivity contribution in [2.45, 2.75) is 26.9 Å². The van der Waals surface area contributed by atoms with Crippen molar-refractivity contribution in [3.05, 3.63) is 0 Å². The van der Waals surface area contributed by atoms with Crippen LogP contribution in [0.3, 0.4) is 0 Å². The predicted molar refractivity (Wildman–Crippen MR) is 36.1 cm³/mol. The topological polar surface area (TPSA) is 29.1 Å². The number of alkyl halides is 3. The fourth-order valence-corrected chi connectivity index (χ4v) is 0.261. The highest BCUT2D eigenvalue weighted by molar-refractivity contribution is 5.81. The Morgan fingerprint density at radius 1 is 1.36 bits per heavy atom. The molecule has 2 nitrogen and oxygen atoms in total. The van der Waals surface area contributed by atoms with Crippen LogP contribution in [0.25, 0.3) is 0 Å². The summed E-state index contributed by atoms with van der Waals surface area (Å²) in [7, 11) is 0. The summed E-state index contributed by atoms with van der Waals surface area (Å²) in [6.45, 7) is 5.42. The van der Waals surface area contributed by atoms with Crippen molar-refractivity contribution in [1.29, 1.82) is 0 Å². The third-order valence-corrected chi connectivity index (χ3v) is 0.595. The molecule has 0 bridgehead atoms. The monoisotopic (exact) mass is 171 g/mol. The summed E-state index contributed by atoms with van der Waals surface area (Å²) in [5, 5.41) is 1.62. The van der Waals surface area contributed by atoms with Gasteiger partial charge in [0, 0.05) is 6.54 Å². The van der Waals surface area contributed by atoms with Gasteiger partial charge in [-0.25, -0.2) is 0 Å². The van der Waals surface area contributed by atoms with Gasteiger partial charge in [-0.15, -0.1) is 0 Å². The molecule has 1 amide bonds. The Bertz CT molecular complexity index is 111. The molecular formula is C6H12F3NO. The molecule has 0 saturated heterocycles. The lowest BCUT2D eigenvalue weighted by Gasteiger charge is -2.03. The van der Waals surface area contributed by atoms with Crippen LogP contribution in [0, 0.1) is 0 Å². The fraction of sp³-hybridized carbons (Fsp3) is 0.833. The van der Waals surface area contributed by atoms with Crippen molar-refractivity contribution in [3.63, 3.8) is 0 Å². The Morgan fingerprint density at radius 2 is 1.73 bits per heavy atom. The van der Waals surface area contributed by atoms with Crippen LogP contribution >= 0.6 is 0 Å². The van der Waals surface area contributed by atoms with Gasteiger partial charge < -0.3 is 5.32 Å². The van der Waals surface area contributed by atoms with Crippen LogP contribution in [0.1, 0.15) is 20.8 Å². The normalized spacial score (nSPS) is 9.64. The minimum Gasteiger partial charge on any atom is -0.349 e. The first-order valence-corrected chi connectivity index (χ1v) is 3.33. The molecule has 0 aliphatic rings. The molecule has 0 unspecified atom stereocenters. The molecule has 0 spiro atoms. The first-order valence-electron chi connectivity index (χ1n) is 3.33. The molecule has 11 heavy (non-hydrogen) atoms. The average molecular weight is 171 g/mol. The maximum atomic E-state index is 11.2. The highest BCUT2D eigenvalue weighted by atomic mass is 19.4. The number of halogens is 3. The van der Waals surface area contributed by atoms with E-state index in [1.54, 1.807) is 5.32 Å². The van der Waals surface area contributed by atoms with Gasteiger partial charge in [-0.05, 0) is 6.92 Å². The molecule has 0 rings (SSSR count). The van der Waals surface area contributed by atoms with E-state index in [9.17, 15) is 18.0 Å². The second kappa shape index (κ2) is 6.00. The van der Waals surface area contributed by atoms with Crippen LogP contribution in [0.15, 0.2) is 0 Å². The van der Waals surface area contributed by atoms with Crippen LogP contribution in [0.4, 0.5) is 13.2 Å². The van der Waals surface area contributed by atoms with E-state index in [4.69, 9.17) is 0 Å². The summed E-state index contributed by atoms with van der Waals surface area (Å²) >= 11 is 0. The molecule has 1 N–H and O–H groups in total. The van der Waals surface area contributed by atoms with E-state index < -0.39 is 12.1 Å². The lowest BCUT2D eigenvalue weighted by atomic mass is 10.6. The maximum Gasteiger partial charge on any atom is 0.471 e. The molecule has 68 valence electrons. The third kappa shape index (κ3) is 7.15. The Kier molecular flexibility index (Phi) is 7.04. The highest BCUT2D eigenvalue weighted by Crippen LogP contribution is 2.13. The van der Waals surface area contributed by atoms with Gasteiger partial charge in [-0.2, -0.15) is 13.2 Å². The zero-order valence-corrected chi connectivity index (χ0v) is 6.75. The second-order valence-corrected chi connectivity index (χ2v) is 1.36. The quantitative estimate of drug-likeness (QED) is 0.639. The first-order chi connectivity index (χ1) is 4.98. The van der Waals surface area contributed by atoms with E-state index in [-0.39, 0.29) is 6.54 Å². The Hall–Kier alpha value is -0.740. The lowest BCUT2D eigenvalue weighted by molar-refractivity contribution is -0.173. The molecule has 0 radical (unpaired) electrons. The zero-order valence-electron chi connectivity index (χ0n) is 6.75. The van der Waals surface area contributed by atoms with Gasteiger partial charge in [-0.1, -0.05) is 13.8 Å². The van der Waals surface area contributed by atoms with Crippen LogP contribution in [-0.2, 0) is 4.79 Å². The molecule has 0 aromatic heterocycles. The van der Waals surface area contributed by atoms with Gasteiger partial charge in [0.2, 0.25) is 0 Å². The fourth-order valence-electron chi connectivity index (χ4n) is 0.261. The van der Waals surface area contributed by atoms with E-state index in [2.05, 4.69) is 0 Å². The summed E-state index contributed by atoms with van der Waals surface area (Å²) in [6, 6.07) is 0. The summed E-state index contributed by atoms with van der Waals surface area (Å²) in [5.41, 5.74) is 0. The maximum absolute atomic E-state index is 11.2. The van der Waals surface area contributed by atoms with Gasteiger partial charge >= 0.3 is 12.1 Å². The van der Waals surface area contributed by atoms with Crippen LogP contribution in [0.2, 0.25) is 0 Å².